The van der Waals surface area contributed by atoms with E-state index in [9.17, 15) is 0 Å². The van der Waals surface area contributed by atoms with Gasteiger partial charge in [-0.25, -0.2) is 0 Å². The molecule has 2 rings (SSSR count). The number of hydrogen-bond donors (Lipinski definition) is 1. The molecule has 0 spiro atoms. The van der Waals surface area contributed by atoms with Crippen LogP contribution in [0.1, 0.15) is 22.7 Å². The lowest BCUT2D eigenvalue weighted by Gasteiger charge is -2.18. The third kappa shape index (κ3) is 3.76. The highest BCUT2D eigenvalue weighted by molar-refractivity contribution is 5.39. The van der Waals surface area contributed by atoms with Crippen molar-refractivity contribution in [1.82, 2.24) is 5.32 Å². The first-order chi connectivity index (χ1) is 10.2. The van der Waals surface area contributed by atoms with Crippen LogP contribution in [-0.4, -0.2) is 21.3 Å². The molecule has 0 fully saturated rings. The second kappa shape index (κ2) is 7.14. The lowest BCUT2D eigenvalue weighted by atomic mass is 9.97. The quantitative estimate of drug-likeness (QED) is 0.881. The molecule has 0 aromatic heterocycles. The highest BCUT2D eigenvalue weighted by Crippen LogP contribution is 2.26. The number of likely N-dealkylation sites (N-methyl/N-ethyl adjacent to an activating group) is 1. The molecule has 2 aromatic carbocycles. The Kier molecular flexibility index (Phi) is 5.23. The van der Waals surface area contributed by atoms with E-state index < -0.39 is 0 Å². The Labute approximate surface area is 126 Å². The third-order valence-electron chi connectivity index (χ3n) is 3.76. The molecular formula is C18H23NO2. The van der Waals surface area contributed by atoms with Gasteiger partial charge in [0, 0.05) is 6.04 Å². The minimum atomic E-state index is 0.242. The van der Waals surface area contributed by atoms with Crippen molar-refractivity contribution in [3.05, 3.63) is 59.2 Å². The molecule has 1 N–H and O–H groups in total. The van der Waals surface area contributed by atoms with Crippen LogP contribution >= 0.6 is 0 Å². The first kappa shape index (κ1) is 15.4. The normalized spacial score (nSPS) is 12.0. The van der Waals surface area contributed by atoms with Crippen LogP contribution < -0.4 is 14.8 Å². The van der Waals surface area contributed by atoms with Crippen LogP contribution in [0.25, 0.3) is 0 Å². The summed E-state index contributed by atoms with van der Waals surface area (Å²) in [6.45, 7) is 2.05. The summed E-state index contributed by atoms with van der Waals surface area (Å²) >= 11 is 0. The van der Waals surface area contributed by atoms with Gasteiger partial charge in [0.15, 0.2) is 0 Å². The highest BCUT2D eigenvalue weighted by atomic mass is 16.5. The molecule has 0 radical (unpaired) electrons. The minimum Gasteiger partial charge on any atom is -0.497 e. The number of nitrogens with one attached hydrogen (secondary N) is 1. The summed E-state index contributed by atoms with van der Waals surface area (Å²) in [7, 11) is 5.39. The molecule has 0 saturated carbocycles. The first-order valence-corrected chi connectivity index (χ1v) is 7.12. The van der Waals surface area contributed by atoms with Crippen LogP contribution in [0.4, 0.5) is 0 Å². The molecule has 0 aliphatic rings. The summed E-state index contributed by atoms with van der Waals surface area (Å²) in [5.41, 5.74) is 3.62. The molecule has 0 aliphatic carbocycles. The summed E-state index contributed by atoms with van der Waals surface area (Å²) in [5.74, 6) is 1.82. The van der Waals surface area contributed by atoms with Crippen molar-refractivity contribution in [2.24, 2.45) is 0 Å². The van der Waals surface area contributed by atoms with Gasteiger partial charge in [0.05, 0.1) is 14.2 Å². The van der Waals surface area contributed by atoms with Crippen LogP contribution in [0.3, 0.4) is 0 Å². The molecule has 0 amide bonds. The van der Waals surface area contributed by atoms with E-state index in [1.807, 2.05) is 19.2 Å². The zero-order valence-corrected chi connectivity index (χ0v) is 13.1. The average molecular weight is 285 g/mol. The van der Waals surface area contributed by atoms with Gasteiger partial charge in [-0.15, -0.1) is 0 Å². The topological polar surface area (TPSA) is 30.5 Å². The van der Waals surface area contributed by atoms with Crippen molar-refractivity contribution in [3.8, 4) is 11.5 Å². The molecule has 2 aromatic rings. The maximum absolute atomic E-state index is 5.42. The number of methoxy groups -OCH3 is 2. The van der Waals surface area contributed by atoms with Gasteiger partial charge in [0.1, 0.15) is 11.5 Å². The second-order valence-corrected chi connectivity index (χ2v) is 5.13. The highest BCUT2D eigenvalue weighted by Gasteiger charge is 2.12. The van der Waals surface area contributed by atoms with Crippen LogP contribution in [0, 0.1) is 6.92 Å². The minimum absolute atomic E-state index is 0.242. The number of rotatable bonds is 6. The lowest BCUT2D eigenvalue weighted by Crippen LogP contribution is -2.19. The van der Waals surface area contributed by atoms with E-state index in [1.54, 1.807) is 14.2 Å². The van der Waals surface area contributed by atoms with Crippen LogP contribution in [0.15, 0.2) is 42.5 Å². The Morgan fingerprint density at radius 3 is 2.52 bits per heavy atom. The maximum Gasteiger partial charge on any atom is 0.122 e. The molecule has 112 valence electrons. The van der Waals surface area contributed by atoms with Crippen LogP contribution in [0.2, 0.25) is 0 Å². The molecule has 21 heavy (non-hydrogen) atoms. The van der Waals surface area contributed by atoms with Crippen molar-refractivity contribution in [2.75, 3.05) is 21.3 Å². The predicted molar refractivity (Wildman–Crippen MR) is 86.2 cm³/mol. The van der Waals surface area contributed by atoms with Crippen molar-refractivity contribution in [2.45, 2.75) is 19.4 Å². The molecule has 3 nitrogen and oxygen atoms in total. The number of ether oxygens (including phenoxy) is 2. The number of benzene rings is 2. The van der Waals surface area contributed by atoms with E-state index in [0.29, 0.717) is 0 Å². The van der Waals surface area contributed by atoms with Gasteiger partial charge in [-0.3, -0.25) is 0 Å². The molecule has 3 heteroatoms. The lowest BCUT2D eigenvalue weighted by molar-refractivity contribution is 0.410. The number of hydrogen-bond acceptors (Lipinski definition) is 3. The van der Waals surface area contributed by atoms with Crippen LogP contribution in [-0.2, 0) is 6.42 Å². The molecule has 1 atom stereocenters. The molecule has 1 unspecified atom stereocenters. The Morgan fingerprint density at radius 1 is 1.05 bits per heavy atom. The summed E-state index contributed by atoms with van der Waals surface area (Å²) in [6.07, 6.45) is 0.903. The third-order valence-corrected chi connectivity index (χ3v) is 3.76. The largest absolute Gasteiger partial charge is 0.497 e. The summed E-state index contributed by atoms with van der Waals surface area (Å²) in [5, 5.41) is 3.38. The zero-order valence-electron chi connectivity index (χ0n) is 13.1. The summed E-state index contributed by atoms with van der Waals surface area (Å²) in [6, 6.07) is 14.8. The van der Waals surface area contributed by atoms with E-state index in [0.717, 1.165) is 23.5 Å². The molecule has 0 bridgehead atoms. The molecule has 0 heterocycles. The van der Waals surface area contributed by atoms with Gasteiger partial charge in [0.25, 0.3) is 0 Å². The average Bonchev–Trinajstić information content (AvgIpc) is 2.53. The Bertz CT molecular complexity index is 596. The summed E-state index contributed by atoms with van der Waals surface area (Å²) in [4.78, 5) is 0. The Hall–Kier alpha value is -2.00. The van der Waals surface area contributed by atoms with Gasteiger partial charge in [-0.2, -0.15) is 0 Å². The van der Waals surface area contributed by atoms with E-state index in [1.165, 1.54) is 11.1 Å². The summed E-state index contributed by atoms with van der Waals surface area (Å²) < 4.78 is 10.7. The maximum atomic E-state index is 5.42. The van der Waals surface area contributed by atoms with Crippen LogP contribution in [0.5, 0.6) is 11.5 Å². The standard InChI is InChI=1S/C18H23NO2/c1-13-8-9-15(12-18(13)21-4)17(19-2)11-14-6-5-7-16(10-14)20-3/h5-10,12,17,19H,11H2,1-4H3. The second-order valence-electron chi connectivity index (χ2n) is 5.13. The van der Waals surface area contributed by atoms with Gasteiger partial charge in [-0.1, -0.05) is 24.3 Å². The first-order valence-electron chi connectivity index (χ1n) is 7.12. The Morgan fingerprint density at radius 2 is 1.86 bits per heavy atom. The Balaban J connectivity index is 2.23. The van der Waals surface area contributed by atoms with Crippen molar-refractivity contribution >= 4 is 0 Å². The van der Waals surface area contributed by atoms with Crippen molar-refractivity contribution in [1.29, 1.82) is 0 Å². The van der Waals surface area contributed by atoms with Gasteiger partial charge in [-0.05, 0) is 55.3 Å². The predicted octanol–water partition coefficient (Wildman–Crippen LogP) is 3.52. The molecule has 0 saturated heterocycles. The van der Waals surface area contributed by atoms with Crippen molar-refractivity contribution < 1.29 is 9.47 Å². The van der Waals surface area contributed by atoms with E-state index in [2.05, 4.69) is 42.6 Å². The van der Waals surface area contributed by atoms with Gasteiger partial charge >= 0.3 is 0 Å². The molecule has 0 aliphatic heterocycles. The van der Waals surface area contributed by atoms with Gasteiger partial charge < -0.3 is 14.8 Å². The fourth-order valence-electron chi connectivity index (χ4n) is 2.48. The molecular weight excluding hydrogens is 262 g/mol. The SMILES string of the molecule is CNC(Cc1cccc(OC)c1)c1ccc(C)c(OC)c1. The van der Waals surface area contributed by atoms with E-state index in [-0.39, 0.29) is 6.04 Å². The fourth-order valence-corrected chi connectivity index (χ4v) is 2.48. The zero-order chi connectivity index (χ0) is 15.2. The number of aryl methyl sites for hydroxylation is 1. The van der Waals surface area contributed by atoms with E-state index >= 15 is 0 Å². The smallest absolute Gasteiger partial charge is 0.122 e. The van der Waals surface area contributed by atoms with Gasteiger partial charge in [0.2, 0.25) is 0 Å². The fraction of sp³-hybridized carbons (Fsp3) is 0.333. The van der Waals surface area contributed by atoms with Crippen molar-refractivity contribution in [3.63, 3.8) is 0 Å². The van der Waals surface area contributed by atoms with E-state index in [4.69, 9.17) is 9.47 Å². The monoisotopic (exact) mass is 285 g/mol.